The summed E-state index contributed by atoms with van der Waals surface area (Å²) in [6, 6.07) is 0. The average Bonchev–Trinajstić information content (AvgIpc) is 2.29. The molecule has 0 radical (unpaired) electrons. The van der Waals surface area contributed by atoms with E-state index < -0.39 is 0 Å². The first-order valence-corrected chi connectivity index (χ1v) is 6.63. The zero-order valence-electron chi connectivity index (χ0n) is 11.0. The predicted molar refractivity (Wildman–Crippen MR) is 66.5 cm³/mol. The number of hydrogen-bond acceptors (Lipinski definition) is 3. The third kappa shape index (κ3) is 5.28. The molecule has 0 aliphatic carbocycles. The van der Waals surface area contributed by atoms with Crippen molar-refractivity contribution in [2.24, 2.45) is 5.92 Å². The van der Waals surface area contributed by atoms with Crippen LogP contribution in [0.2, 0.25) is 0 Å². The van der Waals surface area contributed by atoms with Crippen molar-refractivity contribution in [3.05, 3.63) is 0 Å². The number of likely N-dealkylation sites (tertiary alicyclic amines) is 1. The average molecular weight is 229 g/mol. The van der Waals surface area contributed by atoms with Crippen molar-refractivity contribution in [2.75, 3.05) is 26.2 Å². The van der Waals surface area contributed by atoms with E-state index in [4.69, 9.17) is 4.74 Å². The molecule has 3 heteroatoms. The zero-order chi connectivity index (χ0) is 12.0. The van der Waals surface area contributed by atoms with E-state index in [1.807, 2.05) is 0 Å². The van der Waals surface area contributed by atoms with Crippen LogP contribution in [0.5, 0.6) is 0 Å². The highest BCUT2D eigenvalue weighted by Crippen LogP contribution is 2.16. The third-order valence-corrected chi connectivity index (χ3v) is 3.49. The SMILES string of the molecule is CCC(C)OCC(O)CN1CCC(C)CC1. The summed E-state index contributed by atoms with van der Waals surface area (Å²) in [5.41, 5.74) is 0. The van der Waals surface area contributed by atoms with Gasteiger partial charge in [-0.15, -0.1) is 0 Å². The molecule has 1 aliphatic rings. The van der Waals surface area contributed by atoms with E-state index >= 15 is 0 Å². The van der Waals surface area contributed by atoms with Gasteiger partial charge in [-0.25, -0.2) is 0 Å². The first-order valence-electron chi connectivity index (χ1n) is 6.63. The molecule has 0 aromatic heterocycles. The zero-order valence-corrected chi connectivity index (χ0v) is 11.0. The van der Waals surface area contributed by atoms with E-state index in [2.05, 4.69) is 25.7 Å². The van der Waals surface area contributed by atoms with Crippen LogP contribution in [0.1, 0.15) is 40.0 Å². The number of nitrogens with zero attached hydrogens (tertiary/aromatic N) is 1. The van der Waals surface area contributed by atoms with Crippen molar-refractivity contribution in [3.63, 3.8) is 0 Å². The molecular weight excluding hydrogens is 202 g/mol. The van der Waals surface area contributed by atoms with E-state index in [-0.39, 0.29) is 12.2 Å². The minimum atomic E-state index is -0.331. The molecule has 0 saturated carbocycles. The summed E-state index contributed by atoms with van der Waals surface area (Å²) in [4.78, 5) is 2.35. The number of rotatable bonds is 6. The lowest BCUT2D eigenvalue weighted by Gasteiger charge is -2.31. The summed E-state index contributed by atoms with van der Waals surface area (Å²) in [5.74, 6) is 0.852. The van der Waals surface area contributed by atoms with Gasteiger partial charge < -0.3 is 14.7 Å². The van der Waals surface area contributed by atoms with Gasteiger partial charge in [0.25, 0.3) is 0 Å². The Bertz CT molecular complexity index is 179. The third-order valence-electron chi connectivity index (χ3n) is 3.49. The normalized spacial score (nSPS) is 23.2. The van der Waals surface area contributed by atoms with Crippen LogP contribution in [0.25, 0.3) is 0 Å². The van der Waals surface area contributed by atoms with Crippen molar-refractivity contribution < 1.29 is 9.84 Å². The van der Waals surface area contributed by atoms with Gasteiger partial charge in [-0.3, -0.25) is 0 Å². The molecule has 1 N–H and O–H groups in total. The van der Waals surface area contributed by atoms with E-state index in [0.717, 1.165) is 32.0 Å². The summed E-state index contributed by atoms with van der Waals surface area (Å²) in [6.45, 7) is 9.95. The number of aliphatic hydroxyl groups excluding tert-OH is 1. The Morgan fingerprint density at radius 3 is 2.56 bits per heavy atom. The number of piperidine rings is 1. The van der Waals surface area contributed by atoms with Crippen LogP contribution in [0.3, 0.4) is 0 Å². The van der Waals surface area contributed by atoms with Gasteiger partial charge in [0, 0.05) is 6.54 Å². The Balaban J connectivity index is 2.11. The monoisotopic (exact) mass is 229 g/mol. The molecule has 0 amide bonds. The Morgan fingerprint density at radius 2 is 2.00 bits per heavy atom. The molecule has 96 valence electrons. The summed E-state index contributed by atoms with van der Waals surface area (Å²) in [5, 5.41) is 9.85. The highest BCUT2D eigenvalue weighted by atomic mass is 16.5. The summed E-state index contributed by atoms with van der Waals surface area (Å²) < 4.78 is 5.54. The molecular formula is C13H27NO2. The molecule has 0 bridgehead atoms. The van der Waals surface area contributed by atoms with Gasteiger partial charge in [0.1, 0.15) is 0 Å². The van der Waals surface area contributed by atoms with Gasteiger partial charge in [-0.1, -0.05) is 13.8 Å². The quantitative estimate of drug-likeness (QED) is 0.755. The van der Waals surface area contributed by atoms with E-state index in [1.54, 1.807) is 0 Å². The lowest BCUT2D eigenvalue weighted by molar-refractivity contribution is -0.0188. The highest BCUT2D eigenvalue weighted by molar-refractivity contribution is 4.72. The lowest BCUT2D eigenvalue weighted by Crippen LogP contribution is -2.40. The molecule has 0 aromatic rings. The first-order chi connectivity index (χ1) is 7.61. The topological polar surface area (TPSA) is 32.7 Å². The molecule has 2 unspecified atom stereocenters. The largest absolute Gasteiger partial charge is 0.389 e. The summed E-state index contributed by atoms with van der Waals surface area (Å²) in [7, 11) is 0. The predicted octanol–water partition coefficient (Wildman–Crippen LogP) is 1.89. The fourth-order valence-corrected chi connectivity index (χ4v) is 1.99. The lowest BCUT2D eigenvalue weighted by atomic mass is 9.99. The fourth-order valence-electron chi connectivity index (χ4n) is 1.99. The Morgan fingerprint density at radius 1 is 1.38 bits per heavy atom. The summed E-state index contributed by atoms with van der Waals surface area (Å²) >= 11 is 0. The molecule has 1 saturated heterocycles. The van der Waals surface area contributed by atoms with Crippen molar-refractivity contribution in [1.82, 2.24) is 4.90 Å². The van der Waals surface area contributed by atoms with Crippen LogP contribution < -0.4 is 0 Å². The van der Waals surface area contributed by atoms with Crippen molar-refractivity contribution in [1.29, 1.82) is 0 Å². The maximum atomic E-state index is 9.85. The van der Waals surface area contributed by atoms with E-state index in [9.17, 15) is 5.11 Å². The van der Waals surface area contributed by atoms with Crippen molar-refractivity contribution in [2.45, 2.75) is 52.2 Å². The Hall–Kier alpha value is -0.120. The second-order valence-corrected chi connectivity index (χ2v) is 5.19. The Kier molecular flexibility index (Phi) is 6.32. The maximum Gasteiger partial charge on any atom is 0.0900 e. The van der Waals surface area contributed by atoms with Crippen LogP contribution >= 0.6 is 0 Å². The van der Waals surface area contributed by atoms with Gasteiger partial charge in [0.15, 0.2) is 0 Å². The van der Waals surface area contributed by atoms with Crippen molar-refractivity contribution >= 4 is 0 Å². The molecule has 1 rings (SSSR count). The molecule has 1 heterocycles. The standard InChI is InChI=1S/C13H27NO2/c1-4-12(3)16-10-13(15)9-14-7-5-11(2)6-8-14/h11-13,15H,4-10H2,1-3H3. The highest BCUT2D eigenvalue weighted by Gasteiger charge is 2.18. The van der Waals surface area contributed by atoms with E-state index in [0.29, 0.717) is 6.61 Å². The minimum absolute atomic E-state index is 0.260. The molecule has 2 atom stereocenters. The number of aliphatic hydroxyl groups is 1. The van der Waals surface area contributed by atoms with Gasteiger partial charge in [0.2, 0.25) is 0 Å². The minimum Gasteiger partial charge on any atom is -0.389 e. The van der Waals surface area contributed by atoms with Gasteiger partial charge >= 0.3 is 0 Å². The van der Waals surface area contributed by atoms with Crippen LogP contribution in [0.4, 0.5) is 0 Å². The Labute approximate surface area is 99.8 Å². The van der Waals surface area contributed by atoms with Crippen LogP contribution in [0.15, 0.2) is 0 Å². The second kappa shape index (κ2) is 7.25. The molecule has 1 aliphatic heterocycles. The molecule has 0 aromatic carbocycles. The van der Waals surface area contributed by atoms with Gasteiger partial charge in [-0.2, -0.15) is 0 Å². The summed E-state index contributed by atoms with van der Waals surface area (Å²) in [6.07, 6.45) is 3.46. The number of β-amino-alcohol motifs (C(OH)–C–C–N with tert-alkyl or cyclic N) is 1. The molecule has 0 spiro atoms. The van der Waals surface area contributed by atoms with Crippen molar-refractivity contribution in [3.8, 4) is 0 Å². The molecule has 1 fully saturated rings. The maximum absolute atomic E-state index is 9.85. The smallest absolute Gasteiger partial charge is 0.0900 e. The van der Waals surface area contributed by atoms with Gasteiger partial charge in [0.05, 0.1) is 18.8 Å². The van der Waals surface area contributed by atoms with E-state index in [1.165, 1.54) is 12.8 Å². The van der Waals surface area contributed by atoms with Crippen LogP contribution in [-0.4, -0.2) is 48.5 Å². The van der Waals surface area contributed by atoms with Crippen LogP contribution in [0, 0.1) is 5.92 Å². The molecule has 3 nitrogen and oxygen atoms in total. The first kappa shape index (κ1) is 13.9. The number of ether oxygens (including phenoxy) is 1. The molecule has 16 heavy (non-hydrogen) atoms. The second-order valence-electron chi connectivity index (χ2n) is 5.19. The van der Waals surface area contributed by atoms with Gasteiger partial charge in [-0.05, 0) is 45.2 Å². The fraction of sp³-hybridized carbons (Fsp3) is 1.00. The van der Waals surface area contributed by atoms with Crippen LogP contribution in [-0.2, 0) is 4.74 Å². The number of hydrogen-bond donors (Lipinski definition) is 1.